The average molecular weight is 433 g/mol. The zero-order valence-corrected chi connectivity index (χ0v) is 16.9. The van der Waals surface area contributed by atoms with Gasteiger partial charge < -0.3 is 11.1 Å². The first-order valence-electron chi connectivity index (χ1n) is 7.96. The fourth-order valence-electron chi connectivity index (χ4n) is 2.66. The summed E-state index contributed by atoms with van der Waals surface area (Å²) in [7, 11) is -2.89. The molecule has 3 rings (SSSR count). The smallest absolute Gasteiger partial charge is 0.255 e. The Balaban J connectivity index is 0.00000182. The number of rotatable bonds is 4. The molecule has 1 amide bonds. The first kappa shape index (κ1) is 23.2. The van der Waals surface area contributed by atoms with Crippen LogP contribution >= 0.6 is 24.8 Å². The SMILES string of the molecule is Cl.Cl.Nc1ccc(NC(=O)c2cccc(CN3CCS(=O)(=O)CC3)c2)cn1. The van der Waals surface area contributed by atoms with Crippen molar-refractivity contribution in [2.45, 2.75) is 6.54 Å². The molecule has 0 unspecified atom stereocenters. The molecule has 3 N–H and O–H groups in total. The van der Waals surface area contributed by atoms with Gasteiger partial charge in [0, 0.05) is 25.2 Å². The fourth-order valence-corrected chi connectivity index (χ4v) is 3.94. The van der Waals surface area contributed by atoms with Crippen LogP contribution in [0.5, 0.6) is 0 Å². The number of benzene rings is 1. The van der Waals surface area contributed by atoms with Gasteiger partial charge in [0.25, 0.3) is 5.91 Å². The Kier molecular flexibility index (Phi) is 8.49. The zero-order valence-electron chi connectivity index (χ0n) is 14.5. The van der Waals surface area contributed by atoms with Gasteiger partial charge >= 0.3 is 0 Å². The maximum Gasteiger partial charge on any atom is 0.255 e. The van der Waals surface area contributed by atoms with E-state index >= 15 is 0 Å². The van der Waals surface area contributed by atoms with Gasteiger partial charge in [-0.15, -0.1) is 24.8 Å². The van der Waals surface area contributed by atoms with Gasteiger partial charge in [-0.25, -0.2) is 13.4 Å². The molecule has 2 heterocycles. The molecule has 0 spiro atoms. The Hall–Kier alpha value is -1.87. The summed E-state index contributed by atoms with van der Waals surface area (Å²) in [5.41, 5.74) is 7.62. The second-order valence-electron chi connectivity index (χ2n) is 6.05. The van der Waals surface area contributed by atoms with Gasteiger partial charge in [0.05, 0.1) is 23.4 Å². The van der Waals surface area contributed by atoms with Gasteiger partial charge in [-0.3, -0.25) is 9.69 Å². The lowest BCUT2D eigenvalue weighted by atomic mass is 10.1. The molecule has 0 radical (unpaired) electrons. The van der Waals surface area contributed by atoms with E-state index in [2.05, 4.69) is 15.2 Å². The minimum atomic E-state index is -2.89. The number of pyridine rings is 1. The molecular weight excluding hydrogens is 411 g/mol. The number of amides is 1. The van der Waals surface area contributed by atoms with Gasteiger partial charge in [-0.1, -0.05) is 12.1 Å². The van der Waals surface area contributed by atoms with E-state index in [0.717, 1.165) is 5.56 Å². The monoisotopic (exact) mass is 432 g/mol. The van der Waals surface area contributed by atoms with E-state index in [1.807, 2.05) is 18.2 Å². The Morgan fingerprint density at radius 1 is 1.15 bits per heavy atom. The van der Waals surface area contributed by atoms with E-state index in [1.165, 1.54) is 6.20 Å². The molecule has 1 aromatic carbocycles. The highest BCUT2D eigenvalue weighted by Crippen LogP contribution is 2.14. The van der Waals surface area contributed by atoms with E-state index in [1.54, 1.807) is 18.2 Å². The lowest BCUT2D eigenvalue weighted by Gasteiger charge is -2.26. The van der Waals surface area contributed by atoms with E-state index < -0.39 is 9.84 Å². The number of carbonyl (C=O) groups excluding carboxylic acids is 1. The minimum absolute atomic E-state index is 0. The highest BCUT2D eigenvalue weighted by molar-refractivity contribution is 7.91. The largest absolute Gasteiger partial charge is 0.384 e. The van der Waals surface area contributed by atoms with Crippen molar-refractivity contribution < 1.29 is 13.2 Å². The summed E-state index contributed by atoms with van der Waals surface area (Å²) < 4.78 is 23.0. The van der Waals surface area contributed by atoms with Crippen molar-refractivity contribution in [3.8, 4) is 0 Å². The number of anilines is 2. The summed E-state index contributed by atoms with van der Waals surface area (Å²) in [5.74, 6) is 0.549. The quantitative estimate of drug-likeness (QED) is 0.764. The Morgan fingerprint density at radius 3 is 2.48 bits per heavy atom. The van der Waals surface area contributed by atoms with Crippen molar-refractivity contribution in [2.24, 2.45) is 0 Å². The fraction of sp³-hybridized carbons (Fsp3) is 0.294. The Labute approximate surface area is 171 Å². The first-order chi connectivity index (χ1) is 11.9. The lowest BCUT2D eigenvalue weighted by Crippen LogP contribution is -2.39. The summed E-state index contributed by atoms with van der Waals surface area (Å²) in [5, 5.41) is 2.78. The summed E-state index contributed by atoms with van der Waals surface area (Å²) in [6.45, 7) is 1.67. The molecule has 0 bridgehead atoms. The van der Waals surface area contributed by atoms with Crippen LogP contribution in [0.4, 0.5) is 11.5 Å². The van der Waals surface area contributed by atoms with Crippen LogP contribution in [0.1, 0.15) is 15.9 Å². The third-order valence-corrected chi connectivity index (χ3v) is 5.69. The van der Waals surface area contributed by atoms with Crippen LogP contribution in [0, 0.1) is 0 Å². The van der Waals surface area contributed by atoms with Crippen LogP contribution in [0.3, 0.4) is 0 Å². The van der Waals surface area contributed by atoms with E-state index in [0.29, 0.717) is 36.7 Å². The molecule has 1 aliphatic heterocycles. The van der Waals surface area contributed by atoms with Gasteiger partial charge in [0.2, 0.25) is 0 Å². The van der Waals surface area contributed by atoms with Crippen molar-refractivity contribution in [3.63, 3.8) is 0 Å². The number of nitrogens with zero attached hydrogens (tertiary/aromatic N) is 2. The molecule has 27 heavy (non-hydrogen) atoms. The molecule has 0 aliphatic carbocycles. The molecular formula is C17H22Cl2N4O3S. The second kappa shape index (κ2) is 9.89. The van der Waals surface area contributed by atoms with E-state index in [-0.39, 0.29) is 42.2 Å². The van der Waals surface area contributed by atoms with Gasteiger partial charge in [0.15, 0.2) is 9.84 Å². The highest BCUT2D eigenvalue weighted by Gasteiger charge is 2.21. The van der Waals surface area contributed by atoms with Crippen molar-refractivity contribution in [2.75, 3.05) is 35.6 Å². The van der Waals surface area contributed by atoms with Crippen LogP contribution in [0.25, 0.3) is 0 Å². The van der Waals surface area contributed by atoms with Crippen LogP contribution in [-0.2, 0) is 16.4 Å². The standard InChI is InChI=1S/C17H20N4O3S.2ClH/c18-16-5-4-15(11-19-16)20-17(22)14-3-1-2-13(10-14)12-21-6-8-25(23,24)9-7-21;;/h1-5,10-11H,6-9,12H2,(H2,18,19)(H,20,22);2*1H. The molecule has 0 atom stereocenters. The second-order valence-corrected chi connectivity index (χ2v) is 8.36. The molecule has 1 saturated heterocycles. The van der Waals surface area contributed by atoms with Crippen molar-refractivity contribution in [3.05, 3.63) is 53.7 Å². The van der Waals surface area contributed by atoms with Gasteiger partial charge in [0.1, 0.15) is 5.82 Å². The van der Waals surface area contributed by atoms with Gasteiger partial charge in [-0.2, -0.15) is 0 Å². The number of aromatic nitrogens is 1. The molecule has 1 fully saturated rings. The Morgan fingerprint density at radius 2 is 1.85 bits per heavy atom. The minimum Gasteiger partial charge on any atom is -0.384 e. The van der Waals surface area contributed by atoms with E-state index in [9.17, 15) is 13.2 Å². The molecule has 1 aromatic heterocycles. The maximum absolute atomic E-state index is 12.4. The van der Waals surface area contributed by atoms with Crippen molar-refractivity contribution in [1.29, 1.82) is 0 Å². The number of nitrogens with one attached hydrogen (secondary N) is 1. The summed E-state index contributed by atoms with van der Waals surface area (Å²) in [6, 6.07) is 10.6. The maximum atomic E-state index is 12.4. The molecule has 0 saturated carbocycles. The number of halogens is 2. The normalized spacial score (nSPS) is 15.9. The summed E-state index contributed by atoms with van der Waals surface area (Å²) in [4.78, 5) is 18.4. The average Bonchev–Trinajstić information content (AvgIpc) is 2.59. The molecule has 148 valence electrons. The van der Waals surface area contributed by atoms with Gasteiger partial charge in [-0.05, 0) is 29.8 Å². The van der Waals surface area contributed by atoms with Crippen molar-refractivity contribution >= 4 is 52.1 Å². The van der Waals surface area contributed by atoms with Crippen LogP contribution in [-0.4, -0.2) is 48.8 Å². The van der Waals surface area contributed by atoms with Crippen LogP contribution in [0.15, 0.2) is 42.6 Å². The third kappa shape index (κ3) is 6.66. The zero-order chi connectivity index (χ0) is 17.9. The first-order valence-corrected chi connectivity index (χ1v) is 9.78. The van der Waals surface area contributed by atoms with Crippen molar-refractivity contribution in [1.82, 2.24) is 9.88 Å². The topological polar surface area (TPSA) is 105 Å². The highest BCUT2D eigenvalue weighted by atomic mass is 35.5. The van der Waals surface area contributed by atoms with E-state index in [4.69, 9.17) is 5.73 Å². The number of hydrogen-bond donors (Lipinski definition) is 2. The number of nitrogen functional groups attached to an aromatic ring is 1. The third-order valence-electron chi connectivity index (χ3n) is 4.08. The van der Waals surface area contributed by atoms with Crippen LogP contribution in [0.2, 0.25) is 0 Å². The number of nitrogens with two attached hydrogens (primary N) is 1. The summed E-state index contributed by atoms with van der Waals surface area (Å²) in [6.07, 6.45) is 1.51. The predicted molar refractivity (Wildman–Crippen MR) is 111 cm³/mol. The van der Waals surface area contributed by atoms with Crippen LogP contribution < -0.4 is 11.1 Å². The predicted octanol–water partition coefficient (Wildman–Crippen LogP) is 1.99. The molecule has 1 aliphatic rings. The Bertz CT molecular complexity index is 862. The molecule has 7 nitrogen and oxygen atoms in total. The number of carbonyl (C=O) groups is 1. The summed E-state index contributed by atoms with van der Waals surface area (Å²) >= 11 is 0. The molecule has 10 heteroatoms. The molecule has 2 aromatic rings. The lowest BCUT2D eigenvalue weighted by molar-refractivity contribution is 0.102. The number of hydrogen-bond acceptors (Lipinski definition) is 6. The number of sulfone groups is 1.